The molecule has 102 valence electrons. The van der Waals surface area contributed by atoms with Crippen LogP contribution in [-0.4, -0.2) is 31.7 Å². The molecule has 2 aliphatic rings. The molecule has 0 aliphatic carbocycles. The minimum absolute atomic E-state index is 0.0404. The van der Waals surface area contributed by atoms with Crippen molar-refractivity contribution in [1.29, 1.82) is 0 Å². The van der Waals surface area contributed by atoms with E-state index in [0.717, 1.165) is 30.6 Å². The van der Waals surface area contributed by atoms with Crippen LogP contribution in [0.15, 0.2) is 24.3 Å². The molecule has 2 saturated heterocycles. The van der Waals surface area contributed by atoms with E-state index >= 15 is 0 Å². The van der Waals surface area contributed by atoms with Crippen LogP contribution in [0.3, 0.4) is 0 Å². The van der Waals surface area contributed by atoms with Gasteiger partial charge >= 0.3 is 0 Å². The summed E-state index contributed by atoms with van der Waals surface area (Å²) in [5.74, 6) is 0.0404. The van der Waals surface area contributed by atoms with Crippen molar-refractivity contribution in [1.82, 2.24) is 5.32 Å². The molecule has 1 atom stereocenters. The fourth-order valence-corrected chi connectivity index (χ4v) is 2.41. The minimum atomic E-state index is -0.263. The number of ether oxygens (including phenoxy) is 2. The first-order valence-corrected chi connectivity index (χ1v) is 6.70. The Labute approximate surface area is 112 Å². The van der Waals surface area contributed by atoms with Gasteiger partial charge in [-0.05, 0) is 31.5 Å². The van der Waals surface area contributed by atoms with Gasteiger partial charge in [0.05, 0.1) is 19.3 Å². The number of carbonyl (C=O) groups is 1. The second kappa shape index (κ2) is 5.69. The molecule has 1 amide bonds. The van der Waals surface area contributed by atoms with Crippen molar-refractivity contribution in [2.24, 2.45) is 0 Å². The number of carbonyl (C=O) groups excluding carboxylic acids is 1. The van der Waals surface area contributed by atoms with Crippen LogP contribution in [0.2, 0.25) is 0 Å². The van der Waals surface area contributed by atoms with Gasteiger partial charge in [0.2, 0.25) is 5.91 Å². The van der Waals surface area contributed by atoms with Crippen molar-refractivity contribution >= 4 is 11.6 Å². The van der Waals surface area contributed by atoms with E-state index in [1.54, 1.807) is 0 Å². The summed E-state index contributed by atoms with van der Waals surface area (Å²) in [6, 6.07) is 7.56. The Bertz CT molecular complexity index is 435. The highest BCUT2D eigenvalue weighted by molar-refractivity contribution is 5.95. The second-order valence-electron chi connectivity index (χ2n) is 4.83. The average molecular weight is 262 g/mol. The van der Waals surface area contributed by atoms with Crippen LogP contribution in [0.1, 0.15) is 24.7 Å². The molecule has 5 nitrogen and oxygen atoms in total. The topological polar surface area (TPSA) is 59.6 Å². The van der Waals surface area contributed by atoms with E-state index in [1.165, 1.54) is 0 Å². The fourth-order valence-electron chi connectivity index (χ4n) is 2.41. The van der Waals surface area contributed by atoms with E-state index in [-0.39, 0.29) is 18.2 Å². The van der Waals surface area contributed by atoms with Crippen LogP contribution in [0, 0.1) is 0 Å². The number of rotatable bonds is 3. The van der Waals surface area contributed by atoms with E-state index in [2.05, 4.69) is 10.6 Å². The van der Waals surface area contributed by atoms with E-state index < -0.39 is 0 Å². The van der Waals surface area contributed by atoms with Gasteiger partial charge in [-0.2, -0.15) is 0 Å². The zero-order valence-electron chi connectivity index (χ0n) is 10.7. The summed E-state index contributed by atoms with van der Waals surface area (Å²) >= 11 is 0. The Morgan fingerprint density at radius 3 is 2.58 bits per heavy atom. The van der Waals surface area contributed by atoms with Gasteiger partial charge in [-0.1, -0.05) is 12.1 Å². The molecule has 0 bridgehead atoms. The lowest BCUT2D eigenvalue weighted by Gasteiger charge is -2.13. The van der Waals surface area contributed by atoms with Crippen LogP contribution in [0.25, 0.3) is 0 Å². The third kappa shape index (κ3) is 2.94. The summed E-state index contributed by atoms with van der Waals surface area (Å²) in [7, 11) is 0. The monoisotopic (exact) mass is 262 g/mol. The van der Waals surface area contributed by atoms with Gasteiger partial charge in [0.25, 0.3) is 0 Å². The van der Waals surface area contributed by atoms with Gasteiger partial charge in [-0.15, -0.1) is 0 Å². The lowest BCUT2D eigenvalue weighted by Crippen LogP contribution is -2.35. The standard InChI is InChI=1S/C14H18N2O3/c17-13(12-2-1-7-15-12)16-11-5-3-10(4-6-11)14-18-8-9-19-14/h3-6,12,14-15H,1-2,7-9H2,(H,16,17)/t12-/m1/s1. The molecule has 2 N–H and O–H groups in total. The molecule has 0 unspecified atom stereocenters. The van der Waals surface area contributed by atoms with Crippen molar-refractivity contribution < 1.29 is 14.3 Å². The number of nitrogens with one attached hydrogen (secondary N) is 2. The van der Waals surface area contributed by atoms with Crippen LogP contribution in [0.4, 0.5) is 5.69 Å². The van der Waals surface area contributed by atoms with Crippen LogP contribution in [0.5, 0.6) is 0 Å². The quantitative estimate of drug-likeness (QED) is 0.865. The minimum Gasteiger partial charge on any atom is -0.346 e. The molecule has 0 radical (unpaired) electrons. The molecule has 2 fully saturated rings. The van der Waals surface area contributed by atoms with Crippen molar-refractivity contribution in [2.45, 2.75) is 25.2 Å². The predicted octanol–water partition coefficient (Wildman–Crippen LogP) is 1.42. The van der Waals surface area contributed by atoms with Gasteiger partial charge in [0.1, 0.15) is 0 Å². The maximum Gasteiger partial charge on any atom is 0.241 e. The highest BCUT2D eigenvalue weighted by Gasteiger charge is 2.22. The lowest BCUT2D eigenvalue weighted by molar-refractivity contribution is -0.117. The highest BCUT2D eigenvalue weighted by atomic mass is 16.7. The van der Waals surface area contributed by atoms with Gasteiger partial charge in [0.15, 0.2) is 6.29 Å². The number of amides is 1. The normalized spacial score (nSPS) is 23.7. The first kappa shape index (κ1) is 12.6. The average Bonchev–Trinajstić information content (AvgIpc) is 3.13. The molecular weight excluding hydrogens is 244 g/mol. The van der Waals surface area contributed by atoms with Gasteiger partial charge in [-0.25, -0.2) is 0 Å². The van der Waals surface area contributed by atoms with E-state index in [0.29, 0.717) is 13.2 Å². The van der Waals surface area contributed by atoms with E-state index in [4.69, 9.17) is 9.47 Å². The fraction of sp³-hybridized carbons (Fsp3) is 0.500. The molecule has 0 spiro atoms. The van der Waals surface area contributed by atoms with Gasteiger partial charge < -0.3 is 20.1 Å². The molecule has 1 aromatic rings. The second-order valence-corrected chi connectivity index (χ2v) is 4.83. The summed E-state index contributed by atoms with van der Waals surface area (Å²) in [5.41, 5.74) is 1.79. The molecule has 5 heteroatoms. The Morgan fingerprint density at radius 1 is 1.21 bits per heavy atom. The van der Waals surface area contributed by atoms with Crippen LogP contribution < -0.4 is 10.6 Å². The zero-order valence-corrected chi connectivity index (χ0v) is 10.7. The van der Waals surface area contributed by atoms with Crippen molar-refractivity contribution in [3.05, 3.63) is 29.8 Å². The molecule has 0 saturated carbocycles. The smallest absolute Gasteiger partial charge is 0.241 e. The molecule has 2 aliphatic heterocycles. The first-order valence-electron chi connectivity index (χ1n) is 6.70. The van der Waals surface area contributed by atoms with Crippen LogP contribution >= 0.6 is 0 Å². The molecular formula is C14H18N2O3. The Kier molecular flexibility index (Phi) is 3.77. The Hall–Kier alpha value is -1.43. The lowest BCUT2D eigenvalue weighted by atomic mass is 10.2. The first-order chi connectivity index (χ1) is 9.33. The van der Waals surface area contributed by atoms with Crippen molar-refractivity contribution in [3.8, 4) is 0 Å². The third-order valence-electron chi connectivity index (χ3n) is 3.45. The molecule has 19 heavy (non-hydrogen) atoms. The number of hydrogen-bond acceptors (Lipinski definition) is 4. The maximum atomic E-state index is 11.9. The number of benzene rings is 1. The van der Waals surface area contributed by atoms with Crippen molar-refractivity contribution in [2.75, 3.05) is 25.1 Å². The van der Waals surface area contributed by atoms with Gasteiger partial charge in [-0.3, -0.25) is 4.79 Å². The SMILES string of the molecule is O=C(Nc1ccc(C2OCCO2)cc1)[C@H]1CCCN1. The third-order valence-corrected chi connectivity index (χ3v) is 3.45. The summed E-state index contributed by atoms with van der Waals surface area (Å²) in [4.78, 5) is 11.9. The number of anilines is 1. The highest BCUT2D eigenvalue weighted by Crippen LogP contribution is 2.24. The maximum absolute atomic E-state index is 11.9. The number of hydrogen-bond donors (Lipinski definition) is 2. The predicted molar refractivity (Wildman–Crippen MR) is 70.7 cm³/mol. The van der Waals surface area contributed by atoms with Crippen LogP contribution in [-0.2, 0) is 14.3 Å². The Morgan fingerprint density at radius 2 is 1.95 bits per heavy atom. The summed E-state index contributed by atoms with van der Waals surface area (Å²) in [6.45, 7) is 2.19. The largest absolute Gasteiger partial charge is 0.346 e. The zero-order chi connectivity index (χ0) is 13.1. The van der Waals surface area contributed by atoms with E-state index in [9.17, 15) is 4.79 Å². The Balaban J connectivity index is 1.60. The summed E-state index contributed by atoms with van der Waals surface area (Å²) in [6.07, 6.45) is 1.71. The van der Waals surface area contributed by atoms with Crippen molar-refractivity contribution in [3.63, 3.8) is 0 Å². The molecule has 0 aromatic heterocycles. The molecule has 2 heterocycles. The molecule has 3 rings (SSSR count). The summed E-state index contributed by atoms with van der Waals surface area (Å²) < 4.78 is 10.8. The van der Waals surface area contributed by atoms with E-state index in [1.807, 2.05) is 24.3 Å². The summed E-state index contributed by atoms with van der Waals surface area (Å²) in [5, 5.41) is 6.10. The van der Waals surface area contributed by atoms with Gasteiger partial charge in [0, 0.05) is 11.3 Å². The molecule has 1 aromatic carbocycles.